The van der Waals surface area contributed by atoms with Crippen LogP contribution >= 0.6 is 0 Å². The van der Waals surface area contributed by atoms with Gasteiger partial charge in [-0.15, -0.1) is 0 Å². The molecule has 0 amide bonds. The second-order valence-electron chi connectivity index (χ2n) is 7.53. The van der Waals surface area contributed by atoms with E-state index in [2.05, 4.69) is 18.6 Å². The van der Waals surface area contributed by atoms with E-state index in [4.69, 9.17) is 4.74 Å². The van der Waals surface area contributed by atoms with Gasteiger partial charge in [0.05, 0.1) is 6.61 Å². The Morgan fingerprint density at radius 2 is 1.67 bits per heavy atom. The molecule has 21 heavy (non-hydrogen) atoms. The lowest BCUT2D eigenvalue weighted by Crippen LogP contribution is -2.49. The molecule has 1 saturated heterocycles. The molecule has 1 N–H and O–H groups in total. The van der Waals surface area contributed by atoms with Gasteiger partial charge in [0.1, 0.15) is 0 Å². The van der Waals surface area contributed by atoms with Crippen LogP contribution in [0.5, 0.6) is 0 Å². The summed E-state index contributed by atoms with van der Waals surface area (Å²) in [4.78, 5) is 0. The zero-order valence-electron chi connectivity index (χ0n) is 13.7. The fourth-order valence-corrected chi connectivity index (χ4v) is 4.81. The summed E-state index contributed by atoms with van der Waals surface area (Å²) in [5, 5.41) is 0. The molecule has 1 aliphatic carbocycles. The molecule has 1 aliphatic heterocycles. The Balaban J connectivity index is 1.92. The van der Waals surface area contributed by atoms with Crippen LogP contribution in [0.3, 0.4) is 0 Å². The summed E-state index contributed by atoms with van der Waals surface area (Å²) in [7, 11) is -1.65. The minimum Gasteiger partial charge on any atom is -0.384 e. The van der Waals surface area contributed by atoms with Gasteiger partial charge in [-0.05, 0) is 31.1 Å². The van der Waals surface area contributed by atoms with E-state index in [1.165, 1.54) is 12.8 Å². The number of methoxy groups -OCH3 is 1. The summed E-state index contributed by atoms with van der Waals surface area (Å²) in [6, 6.07) is 0. The van der Waals surface area contributed by atoms with Gasteiger partial charge in [0, 0.05) is 32.2 Å². The first-order valence-electron chi connectivity index (χ1n) is 8.02. The van der Waals surface area contributed by atoms with Crippen molar-refractivity contribution in [3.63, 3.8) is 0 Å². The molecule has 0 aromatic carbocycles. The van der Waals surface area contributed by atoms with Gasteiger partial charge < -0.3 is 4.74 Å². The van der Waals surface area contributed by atoms with Gasteiger partial charge >= 0.3 is 0 Å². The molecule has 0 spiro atoms. The van der Waals surface area contributed by atoms with Gasteiger partial charge in [-0.25, -0.2) is 4.72 Å². The first kappa shape index (κ1) is 17.2. The summed E-state index contributed by atoms with van der Waals surface area (Å²) in [5.74, 6) is 0. The smallest absolute Gasteiger partial charge is 0.279 e. The monoisotopic (exact) mass is 318 g/mol. The van der Waals surface area contributed by atoms with Crippen LogP contribution in [0, 0.1) is 10.8 Å². The third-order valence-electron chi connectivity index (χ3n) is 5.16. The molecule has 0 bridgehead atoms. The summed E-state index contributed by atoms with van der Waals surface area (Å²) < 4.78 is 34.7. The zero-order valence-corrected chi connectivity index (χ0v) is 14.5. The Hall–Kier alpha value is -0.170. The molecule has 2 fully saturated rings. The molecule has 2 aliphatic rings. The van der Waals surface area contributed by atoms with E-state index in [0.717, 1.165) is 25.7 Å². The lowest BCUT2D eigenvalue weighted by atomic mass is 9.83. The van der Waals surface area contributed by atoms with Crippen molar-refractivity contribution in [2.75, 3.05) is 33.4 Å². The number of hydrogen-bond donors (Lipinski definition) is 1. The second-order valence-corrected chi connectivity index (χ2v) is 9.28. The number of piperidine rings is 1. The standard InChI is InChI=1S/C15H30N2O3S/c1-14(2)8-10-17(11-9-14)21(18,19)16-12-15(13-20-3)6-4-5-7-15/h16H,4-13H2,1-3H3. The molecule has 5 nitrogen and oxygen atoms in total. The van der Waals surface area contributed by atoms with Gasteiger partial charge in [-0.3, -0.25) is 0 Å². The van der Waals surface area contributed by atoms with Crippen molar-refractivity contribution in [1.82, 2.24) is 9.03 Å². The third-order valence-corrected chi connectivity index (χ3v) is 6.71. The van der Waals surface area contributed by atoms with E-state index in [9.17, 15) is 8.42 Å². The van der Waals surface area contributed by atoms with Gasteiger partial charge in [-0.1, -0.05) is 26.7 Å². The Bertz CT molecular complexity index is 432. The number of ether oxygens (including phenoxy) is 1. The van der Waals surface area contributed by atoms with Crippen molar-refractivity contribution in [1.29, 1.82) is 0 Å². The van der Waals surface area contributed by atoms with Crippen LogP contribution < -0.4 is 4.72 Å². The third kappa shape index (κ3) is 4.41. The van der Waals surface area contributed by atoms with Crippen LogP contribution in [-0.4, -0.2) is 46.1 Å². The topological polar surface area (TPSA) is 58.6 Å². The number of rotatable bonds is 6. The molecule has 0 atom stereocenters. The normalized spacial score (nSPS) is 26.0. The van der Waals surface area contributed by atoms with E-state index in [-0.39, 0.29) is 10.8 Å². The average Bonchev–Trinajstić information content (AvgIpc) is 2.86. The van der Waals surface area contributed by atoms with E-state index in [0.29, 0.717) is 26.2 Å². The molecular formula is C15H30N2O3S. The van der Waals surface area contributed by atoms with Crippen LogP contribution in [0.2, 0.25) is 0 Å². The van der Waals surface area contributed by atoms with Crippen LogP contribution in [0.4, 0.5) is 0 Å². The predicted octanol–water partition coefficient (Wildman–Crippen LogP) is 2.15. The Morgan fingerprint density at radius 3 is 2.19 bits per heavy atom. The molecule has 0 unspecified atom stereocenters. The maximum atomic E-state index is 12.5. The van der Waals surface area contributed by atoms with Crippen LogP contribution in [-0.2, 0) is 14.9 Å². The number of nitrogens with zero attached hydrogens (tertiary/aromatic N) is 1. The quantitative estimate of drug-likeness (QED) is 0.816. The molecular weight excluding hydrogens is 288 g/mol. The lowest BCUT2D eigenvalue weighted by molar-refractivity contribution is 0.0861. The first-order chi connectivity index (χ1) is 9.79. The molecule has 6 heteroatoms. The van der Waals surface area contributed by atoms with Crippen LogP contribution in [0.1, 0.15) is 52.4 Å². The van der Waals surface area contributed by atoms with Gasteiger partial charge in [0.15, 0.2) is 0 Å². The predicted molar refractivity (Wildman–Crippen MR) is 84.3 cm³/mol. The van der Waals surface area contributed by atoms with E-state index < -0.39 is 10.2 Å². The molecule has 0 radical (unpaired) electrons. The van der Waals surface area contributed by atoms with Gasteiger partial charge in [0.25, 0.3) is 10.2 Å². The summed E-state index contributed by atoms with van der Waals surface area (Å²) >= 11 is 0. The minimum absolute atomic E-state index is 0.00310. The summed E-state index contributed by atoms with van der Waals surface area (Å²) in [5.41, 5.74) is 0.256. The van der Waals surface area contributed by atoms with E-state index >= 15 is 0 Å². The summed E-state index contributed by atoms with van der Waals surface area (Å²) in [6.07, 6.45) is 6.30. The SMILES string of the molecule is COCC1(CNS(=O)(=O)N2CCC(C)(C)CC2)CCCC1. The van der Waals surface area contributed by atoms with Crippen LogP contribution in [0.25, 0.3) is 0 Å². The first-order valence-corrected chi connectivity index (χ1v) is 9.46. The molecule has 1 saturated carbocycles. The molecule has 1 heterocycles. The highest BCUT2D eigenvalue weighted by Gasteiger charge is 2.37. The molecule has 0 aromatic rings. The maximum Gasteiger partial charge on any atom is 0.279 e. The van der Waals surface area contributed by atoms with E-state index in [1.54, 1.807) is 11.4 Å². The van der Waals surface area contributed by atoms with Crippen molar-refractivity contribution >= 4 is 10.2 Å². The van der Waals surface area contributed by atoms with Crippen molar-refractivity contribution in [2.24, 2.45) is 10.8 Å². The van der Waals surface area contributed by atoms with Gasteiger partial charge in [0.2, 0.25) is 0 Å². The Kier molecular flexibility index (Phi) is 5.34. The lowest BCUT2D eigenvalue weighted by Gasteiger charge is -2.37. The highest BCUT2D eigenvalue weighted by Crippen LogP contribution is 2.38. The van der Waals surface area contributed by atoms with Crippen molar-refractivity contribution in [3.05, 3.63) is 0 Å². The van der Waals surface area contributed by atoms with Gasteiger partial charge in [-0.2, -0.15) is 12.7 Å². The molecule has 2 rings (SSSR count). The van der Waals surface area contributed by atoms with Crippen molar-refractivity contribution < 1.29 is 13.2 Å². The second kappa shape index (κ2) is 6.52. The summed E-state index contributed by atoms with van der Waals surface area (Å²) in [6.45, 7) is 6.80. The minimum atomic E-state index is -3.35. The average molecular weight is 318 g/mol. The largest absolute Gasteiger partial charge is 0.384 e. The van der Waals surface area contributed by atoms with Crippen LogP contribution in [0.15, 0.2) is 0 Å². The number of hydrogen-bond acceptors (Lipinski definition) is 3. The van der Waals surface area contributed by atoms with Crippen molar-refractivity contribution in [3.8, 4) is 0 Å². The fourth-order valence-electron chi connectivity index (χ4n) is 3.47. The number of nitrogens with one attached hydrogen (secondary N) is 1. The fraction of sp³-hybridized carbons (Fsp3) is 1.00. The van der Waals surface area contributed by atoms with Crippen molar-refractivity contribution in [2.45, 2.75) is 52.4 Å². The Morgan fingerprint density at radius 1 is 1.10 bits per heavy atom. The highest BCUT2D eigenvalue weighted by molar-refractivity contribution is 7.87. The molecule has 0 aromatic heterocycles. The zero-order chi connectivity index (χ0) is 15.6. The molecule has 124 valence electrons. The Labute approximate surface area is 129 Å². The highest BCUT2D eigenvalue weighted by atomic mass is 32.2. The van der Waals surface area contributed by atoms with E-state index in [1.807, 2.05) is 0 Å². The maximum absolute atomic E-state index is 12.5.